The number of nitrogens with two attached hydrogens (primary N) is 1. The van der Waals surface area contributed by atoms with E-state index in [0.717, 1.165) is 12.8 Å². The number of rotatable bonds is 5. The third kappa shape index (κ3) is 3.90. The van der Waals surface area contributed by atoms with Crippen molar-refractivity contribution in [3.05, 3.63) is 11.4 Å². The third-order valence-corrected chi connectivity index (χ3v) is 6.14. The highest BCUT2D eigenvalue weighted by Crippen LogP contribution is 2.20. The maximum atomic E-state index is 12.6. The van der Waals surface area contributed by atoms with Crippen molar-refractivity contribution in [3.8, 4) is 0 Å². The monoisotopic (exact) mass is 379 g/mol. The number of hydrogen-bond acceptors (Lipinski definition) is 5. The van der Waals surface area contributed by atoms with E-state index in [1.807, 2.05) is 0 Å². The van der Waals surface area contributed by atoms with Crippen LogP contribution in [-0.4, -0.2) is 54.2 Å². The fourth-order valence-electron chi connectivity index (χ4n) is 3.10. The van der Waals surface area contributed by atoms with Crippen LogP contribution in [0, 0.1) is 13.8 Å². The molecule has 0 aromatic carbocycles. The highest BCUT2D eigenvalue weighted by atomic mass is 35.5. The SMILES string of the molecule is Cc1nn(C)c(C)c1S(=O)(=O)NC(C)C(=O)N1CCCC1CN.Cl. The molecule has 2 unspecified atom stereocenters. The molecule has 0 bridgehead atoms. The average Bonchev–Trinajstić information content (AvgIpc) is 3.02. The Balaban J connectivity index is 0.00000288. The summed E-state index contributed by atoms with van der Waals surface area (Å²) in [5.74, 6) is -0.235. The van der Waals surface area contributed by atoms with Gasteiger partial charge < -0.3 is 10.6 Å². The van der Waals surface area contributed by atoms with Gasteiger partial charge in [0.15, 0.2) is 0 Å². The summed E-state index contributed by atoms with van der Waals surface area (Å²) in [6.45, 7) is 5.90. The molecule has 10 heteroatoms. The molecule has 1 aliphatic rings. The van der Waals surface area contributed by atoms with Crippen LogP contribution in [0.3, 0.4) is 0 Å². The summed E-state index contributed by atoms with van der Waals surface area (Å²) in [6.07, 6.45) is 1.76. The number of halogens is 1. The zero-order valence-electron chi connectivity index (χ0n) is 14.4. The zero-order chi connectivity index (χ0) is 17.4. The van der Waals surface area contributed by atoms with Crippen LogP contribution in [0.5, 0.6) is 0 Å². The van der Waals surface area contributed by atoms with Gasteiger partial charge in [0.25, 0.3) is 0 Å². The molecule has 1 aromatic heterocycles. The molecule has 0 aliphatic carbocycles. The van der Waals surface area contributed by atoms with Gasteiger partial charge in [-0.1, -0.05) is 0 Å². The lowest BCUT2D eigenvalue weighted by Gasteiger charge is -2.26. The van der Waals surface area contributed by atoms with E-state index in [-0.39, 0.29) is 29.3 Å². The number of carbonyl (C=O) groups excluding carboxylic acids is 1. The second-order valence-electron chi connectivity index (χ2n) is 6.03. The number of hydrogen-bond donors (Lipinski definition) is 2. The van der Waals surface area contributed by atoms with Crippen LogP contribution in [0.4, 0.5) is 0 Å². The van der Waals surface area contributed by atoms with Gasteiger partial charge in [0.1, 0.15) is 4.90 Å². The fraction of sp³-hybridized carbons (Fsp3) is 0.714. The number of sulfonamides is 1. The van der Waals surface area contributed by atoms with E-state index in [1.54, 1.807) is 32.7 Å². The molecule has 2 atom stereocenters. The Morgan fingerprint density at radius 3 is 2.58 bits per heavy atom. The summed E-state index contributed by atoms with van der Waals surface area (Å²) in [6, 6.07) is -0.845. The molecule has 1 fully saturated rings. The van der Waals surface area contributed by atoms with Crippen LogP contribution < -0.4 is 10.5 Å². The maximum Gasteiger partial charge on any atom is 0.244 e. The van der Waals surface area contributed by atoms with Crippen molar-refractivity contribution in [2.24, 2.45) is 12.8 Å². The van der Waals surface area contributed by atoms with E-state index in [9.17, 15) is 13.2 Å². The van der Waals surface area contributed by atoms with Crippen molar-refractivity contribution >= 4 is 28.3 Å². The Morgan fingerprint density at radius 2 is 2.08 bits per heavy atom. The number of aromatic nitrogens is 2. The molecule has 0 spiro atoms. The number of aryl methyl sites for hydroxylation is 2. The first-order valence-corrected chi connectivity index (χ1v) is 9.20. The van der Waals surface area contributed by atoms with Gasteiger partial charge >= 0.3 is 0 Å². The average molecular weight is 380 g/mol. The summed E-state index contributed by atoms with van der Waals surface area (Å²) in [7, 11) is -2.12. The molecule has 8 nitrogen and oxygen atoms in total. The highest BCUT2D eigenvalue weighted by molar-refractivity contribution is 7.89. The van der Waals surface area contributed by atoms with Gasteiger partial charge in [0.2, 0.25) is 15.9 Å². The van der Waals surface area contributed by atoms with E-state index in [4.69, 9.17) is 5.73 Å². The molecule has 0 radical (unpaired) electrons. The maximum absolute atomic E-state index is 12.6. The fourth-order valence-corrected chi connectivity index (χ4v) is 4.74. The molecular formula is C14H26ClN5O3S. The van der Waals surface area contributed by atoms with Crippen LogP contribution in [0.2, 0.25) is 0 Å². The lowest BCUT2D eigenvalue weighted by Crippen LogP contribution is -2.50. The number of amides is 1. The molecule has 1 aliphatic heterocycles. The zero-order valence-corrected chi connectivity index (χ0v) is 16.1. The van der Waals surface area contributed by atoms with Crippen LogP contribution in [-0.2, 0) is 21.9 Å². The quantitative estimate of drug-likeness (QED) is 0.752. The first-order valence-electron chi connectivity index (χ1n) is 7.72. The van der Waals surface area contributed by atoms with E-state index < -0.39 is 16.1 Å². The Kier molecular flexibility index (Phi) is 6.80. The first kappa shape index (κ1) is 20.9. The van der Waals surface area contributed by atoms with Gasteiger partial charge in [-0.05, 0) is 33.6 Å². The van der Waals surface area contributed by atoms with Crippen molar-refractivity contribution in [3.63, 3.8) is 0 Å². The minimum Gasteiger partial charge on any atom is -0.337 e. The van der Waals surface area contributed by atoms with Gasteiger partial charge in [-0.15, -0.1) is 12.4 Å². The Hall–Kier alpha value is -1.16. The number of nitrogens with one attached hydrogen (secondary N) is 1. The van der Waals surface area contributed by atoms with E-state index >= 15 is 0 Å². The van der Waals surface area contributed by atoms with Gasteiger partial charge in [0.05, 0.1) is 17.4 Å². The van der Waals surface area contributed by atoms with Gasteiger partial charge in [-0.25, -0.2) is 8.42 Å². The summed E-state index contributed by atoms with van der Waals surface area (Å²) < 4.78 is 29.2. The molecule has 1 amide bonds. The van der Waals surface area contributed by atoms with Gasteiger partial charge in [0, 0.05) is 26.2 Å². The molecule has 24 heavy (non-hydrogen) atoms. The number of carbonyl (C=O) groups is 1. The van der Waals surface area contributed by atoms with Crippen LogP contribution >= 0.6 is 12.4 Å². The van der Waals surface area contributed by atoms with Gasteiger partial charge in [-0.2, -0.15) is 9.82 Å². The molecule has 2 heterocycles. The molecule has 0 saturated carbocycles. The largest absolute Gasteiger partial charge is 0.337 e. The summed E-state index contributed by atoms with van der Waals surface area (Å²) >= 11 is 0. The molecule has 2 rings (SSSR count). The van der Waals surface area contributed by atoms with Crippen LogP contribution in [0.1, 0.15) is 31.2 Å². The number of nitrogens with zero attached hydrogens (tertiary/aromatic N) is 3. The summed E-state index contributed by atoms with van der Waals surface area (Å²) in [4.78, 5) is 14.3. The van der Waals surface area contributed by atoms with Crippen LogP contribution in [0.15, 0.2) is 4.90 Å². The molecular weight excluding hydrogens is 354 g/mol. The molecule has 3 N–H and O–H groups in total. The standard InChI is InChI=1S/C14H25N5O3S.ClH/c1-9-13(11(3)18(4)16-9)23(21,22)17-10(2)14(20)19-7-5-6-12(19)8-15;/h10,12,17H,5-8,15H2,1-4H3;1H. The van der Waals surface area contributed by atoms with Crippen LogP contribution in [0.25, 0.3) is 0 Å². The smallest absolute Gasteiger partial charge is 0.244 e. The normalized spacial score (nSPS) is 19.2. The predicted octanol–water partition coefficient (Wildman–Crippen LogP) is 0.0752. The van der Waals surface area contributed by atoms with Crippen molar-refractivity contribution in [2.75, 3.05) is 13.1 Å². The van der Waals surface area contributed by atoms with Crippen molar-refractivity contribution in [2.45, 2.75) is 50.6 Å². The summed E-state index contributed by atoms with van der Waals surface area (Å²) in [5.41, 5.74) is 6.63. The van der Waals surface area contributed by atoms with Gasteiger partial charge in [-0.3, -0.25) is 9.48 Å². The molecule has 1 saturated heterocycles. The first-order chi connectivity index (χ1) is 10.7. The molecule has 138 valence electrons. The summed E-state index contributed by atoms with van der Waals surface area (Å²) in [5, 5.41) is 4.12. The van der Waals surface area contributed by atoms with Crippen molar-refractivity contribution in [1.82, 2.24) is 19.4 Å². The Labute approximate surface area is 149 Å². The minimum absolute atomic E-state index is 0. The lowest BCUT2D eigenvalue weighted by molar-refractivity contribution is -0.133. The third-order valence-electron chi connectivity index (χ3n) is 4.35. The Bertz CT molecular complexity index is 704. The second kappa shape index (κ2) is 7.81. The van der Waals surface area contributed by atoms with E-state index in [2.05, 4.69) is 9.82 Å². The number of likely N-dealkylation sites (tertiary alicyclic amines) is 1. The highest BCUT2D eigenvalue weighted by Gasteiger charge is 2.33. The predicted molar refractivity (Wildman–Crippen MR) is 93.5 cm³/mol. The molecule has 1 aromatic rings. The Morgan fingerprint density at radius 1 is 1.46 bits per heavy atom. The van der Waals surface area contributed by atoms with E-state index in [1.165, 1.54) is 4.68 Å². The van der Waals surface area contributed by atoms with Crippen molar-refractivity contribution in [1.29, 1.82) is 0 Å². The van der Waals surface area contributed by atoms with E-state index in [0.29, 0.717) is 24.5 Å². The minimum atomic E-state index is -3.81. The topological polar surface area (TPSA) is 110 Å². The lowest BCUT2D eigenvalue weighted by atomic mass is 10.2. The second-order valence-corrected chi connectivity index (χ2v) is 7.68. The van der Waals surface area contributed by atoms with Crippen molar-refractivity contribution < 1.29 is 13.2 Å².